The normalized spacial score (nSPS) is 11.7. The number of hydrogen-bond acceptors (Lipinski definition) is 4. The van der Waals surface area contributed by atoms with Gasteiger partial charge in [-0.2, -0.15) is 0 Å². The molecule has 0 radical (unpaired) electrons. The van der Waals surface area contributed by atoms with E-state index in [0.29, 0.717) is 37.0 Å². The lowest BCUT2D eigenvalue weighted by Gasteiger charge is -2.16. The van der Waals surface area contributed by atoms with Crippen LogP contribution in [0, 0.1) is 0 Å². The van der Waals surface area contributed by atoms with Gasteiger partial charge in [0.05, 0.1) is 13.2 Å². The number of benzene rings is 3. The van der Waals surface area contributed by atoms with E-state index in [1.165, 1.54) is 0 Å². The number of carbonyl (C=O) groups excluding carboxylic acids is 1. The van der Waals surface area contributed by atoms with E-state index in [0.717, 1.165) is 16.3 Å². The van der Waals surface area contributed by atoms with Gasteiger partial charge in [0.2, 0.25) is 0 Å². The predicted octanol–water partition coefficient (Wildman–Crippen LogP) is 4.72. The van der Waals surface area contributed by atoms with Gasteiger partial charge < -0.3 is 19.5 Å². The van der Waals surface area contributed by atoms with Crippen LogP contribution < -0.4 is 19.5 Å². The summed E-state index contributed by atoms with van der Waals surface area (Å²) in [6.07, 6.45) is -0.606. The summed E-state index contributed by atoms with van der Waals surface area (Å²) in [6, 6.07) is 19.5. The number of rotatable bonds is 9. The van der Waals surface area contributed by atoms with Crippen molar-refractivity contribution in [3.63, 3.8) is 0 Å². The Bertz CT molecular complexity index is 970. The molecule has 3 aromatic carbocycles. The Morgan fingerprint density at radius 3 is 2.38 bits per heavy atom. The Labute approximate surface area is 171 Å². The molecular formula is C24H27NO4. The summed E-state index contributed by atoms with van der Waals surface area (Å²) >= 11 is 0. The Balaban J connectivity index is 1.59. The van der Waals surface area contributed by atoms with Gasteiger partial charge in [-0.3, -0.25) is 4.79 Å². The molecule has 0 bridgehead atoms. The SMILES string of the molecule is CCOc1ccc(CNC(=O)[C@H](C)Oc2ccc3ccccc3c2)cc1OCC. The summed E-state index contributed by atoms with van der Waals surface area (Å²) in [6.45, 7) is 7.11. The predicted molar refractivity (Wildman–Crippen MR) is 115 cm³/mol. The van der Waals surface area contributed by atoms with E-state index in [-0.39, 0.29) is 5.91 Å². The summed E-state index contributed by atoms with van der Waals surface area (Å²) < 4.78 is 17.0. The zero-order valence-corrected chi connectivity index (χ0v) is 17.1. The van der Waals surface area contributed by atoms with Crippen LogP contribution in [0.1, 0.15) is 26.3 Å². The molecule has 0 spiro atoms. The molecule has 1 atom stereocenters. The molecule has 0 aliphatic rings. The second-order valence-electron chi connectivity index (χ2n) is 6.63. The zero-order chi connectivity index (χ0) is 20.6. The summed E-state index contributed by atoms with van der Waals surface area (Å²) in [5, 5.41) is 5.13. The van der Waals surface area contributed by atoms with E-state index < -0.39 is 6.10 Å². The molecule has 5 heteroatoms. The minimum atomic E-state index is -0.606. The molecule has 1 N–H and O–H groups in total. The van der Waals surface area contributed by atoms with Crippen molar-refractivity contribution in [3.8, 4) is 17.2 Å². The van der Waals surface area contributed by atoms with Crippen LogP contribution in [0.4, 0.5) is 0 Å². The van der Waals surface area contributed by atoms with E-state index in [2.05, 4.69) is 5.32 Å². The molecule has 0 aromatic heterocycles. The number of ether oxygens (including phenoxy) is 3. The van der Waals surface area contributed by atoms with Crippen molar-refractivity contribution in [2.24, 2.45) is 0 Å². The lowest BCUT2D eigenvalue weighted by Crippen LogP contribution is -2.35. The van der Waals surface area contributed by atoms with Gasteiger partial charge in [-0.25, -0.2) is 0 Å². The molecule has 0 saturated heterocycles. The molecule has 3 aromatic rings. The summed E-state index contributed by atoms with van der Waals surface area (Å²) in [5.74, 6) is 1.88. The van der Waals surface area contributed by atoms with Crippen LogP contribution in [0.15, 0.2) is 60.7 Å². The lowest BCUT2D eigenvalue weighted by molar-refractivity contribution is -0.127. The van der Waals surface area contributed by atoms with Crippen molar-refractivity contribution in [1.29, 1.82) is 0 Å². The number of carbonyl (C=O) groups is 1. The first-order chi connectivity index (χ1) is 14.1. The van der Waals surface area contributed by atoms with Gasteiger partial charge in [-0.15, -0.1) is 0 Å². The average Bonchev–Trinajstić information content (AvgIpc) is 2.73. The maximum Gasteiger partial charge on any atom is 0.261 e. The van der Waals surface area contributed by atoms with E-state index in [1.54, 1.807) is 6.92 Å². The molecule has 0 fully saturated rings. The van der Waals surface area contributed by atoms with Crippen LogP contribution in [0.25, 0.3) is 10.8 Å². The Hall–Kier alpha value is -3.21. The molecule has 0 aliphatic carbocycles. The molecule has 1 amide bonds. The van der Waals surface area contributed by atoms with Crippen molar-refractivity contribution in [1.82, 2.24) is 5.32 Å². The second-order valence-corrected chi connectivity index (χ2v) is 6.63. The molecule has 5 nitrogen and oxygen atoms in total. The third-order valence-corrected chi connectivity index (χ3v) is 4.48. The summed E-state index contributed by atoms with van der Waals surface area (Å²) in [4.78, 5) is 12.5. The molecule has 0 saturated carbocycles. The molecule has 0 unspecified atom stereocenters. The minimum Gasteiger partial charge on any atom is -0.490 e. The number of nitrogens with one attached hydrogen (secondary N) is 1. The Morgan fingerprint density at radius 2 is 1.62 bits per heavy atom. The molecule has 0 heterocycles. The van der Waals surface area contributed by atoms with Crippen LogP contribution in [0.2, 0.25) is 0 Å². The highest BCUT2D eigenvalue weighted by molar-refractivity contribution is 5.84. The van der Waals surface area contributed by atoms with E-state index in [1.807, 2.05) is 74.5 Å². The molecule has 0 aliphatic heterocycles. The first kappa shape index (κ1) is 20.5. The maximum atomic E-state index is 12.5. The van der Waals surface area contributed by atoms with E-state index in [4.69, 9.17) is 14.2 Å². The van der Waals surface area contributed by atoms with Gasteiger partial charge in [0.15, 0.2) is 17.6 Å². The first-order valence-electron chi connectivity index (χ1n) is 9.92. The topological polar surface area (TPSA) is 56.8 Å². The van der Waals surface area contributed by atoms with Crippen molar-refractivity contribution in [2.75, 3.05) is 13.2 Å². The third-order valence-electron chi connectivity index (χ3n) is 4.48. The minimum absolute atomic E-state index is 0.176. The molecule has 29 heavy (non-hydrogen) atoms. The van der Waals surface area contributed by atoms with E-state index >= 15 is 0 Å². The second kappa shape index (κ2) is 9.82. The van der Waals surface area contributed by atoms with E-state index in [9.17, 15) is 4.79 Å². The number of fused-ring (bicyclic) bond motifs is 1. The fraction of sp³-hybridized carbons (Fsp3) is 0.292. The van der Waals surface area contributed by atoms with Crippen LogP contribution in [-0.4, -0.2) is 25.2 Å². The maximum absolute atomic E-state index is 12.5. The standard InChI is InChI=1S/C24H27NO4/c1-4-27-22-13-10-18(14-23(22)28-5-2)16-25-24(26)17(3)29-21-12-11-19-8-6-7-9-20(19)15-21/h6-15,17H,4-5,16H2,1-3H3,(H,25,26)/t17-/m0/s1. The van der Waals surface area contributed by atoms with Gasteiger partial charge >= 0.3 is 0 Å². The van der Waals surface area contributed by atoms with Crippen LogP contribution in [0.3, 0.4) is 0 Å². The quantitative estimate of drug-likeness (QED) is 0.571. The van der Waals surface area contributed by atoms with Gasteiger partial charge in [-0.1, -0.05) is 36.4 Å². The lowest BCUT2D eigenvalue weighted by atomic mass is 10.1. The van der Waals surface area contributed by atoms with Crippen LogP contribution in [0.5, 0.6) is 17.2 Å². The number of hydrogen-bond donors (Lipinski definition) is 1. The fourth-order valence-corrected chi connectivity index (χ4v) is 3.04. The zero-order valence-electron chi connectivity index (χ0n) is 17.1. The fourth-order valence-electron chi connectivity index (χ4n) is 3.04. The third kappa shape index (κ3) is 5.41. The average molecular weight is 393 g/mol. The number of amides is 1. The highest BCUT2D eigenvalue weighted by Gasteiger charge is 2.15. The monoisotopic (exact) mass is 393 g/mol. The molecule has 152 valence electrons. The Morgan fingerprint density at radius 1 is 0.897 bits per heavy atom. The Kier molecular flexibility index (Phi) is 6.95. The van der Waals surface area contributed by atoms with Crippen LogP contribution in [-0.2, 0) is 11.3 Å². The largest absolute Gasteiger partial charge is 0.490 e. The van der Waals surface area contributed by atoms with Crippen molar-refractivity contribution in [2.45, 2.75) is 33.4 Å². The molecule has 3 rings (SSSR count). The van der Waals surface area contributed by atoms with Gasteiger partial charge in [0.25, 0.3) is 5.91 Å². The van der Waals surface area contributed by atoms with Gasteiger partial charge in [0.1, 0.15) is 5.75 Å². The summed E-state index contributed by atoms with van der Waals surface area (Å²) in [7, 11) is 0. The summed E-state index contributed by atoms with van der Waals surface area (Å²) in [5.41, 5.74) is 0.933. The van der Waals surface area contributed by atoms with Crippen molar-refractivity contribution >= 4 is 16.7 Å². The van der Waals surface area contributed by atoms with Crippen molar-refractivity contribution in [3.05, 3.63) is 66.2 Å². The highest BCUT2D eigenvalue weighted by atomic mass is 16.5. The van der Waals surface area contributed by atoms with Crippen LogP contribution >= 0.6 is 0 Å². The smallest absolute Gasteiger partial charge is 0.261 e. The first-order valence-corrected chi connectivity index (χ1v) is 9.92. The van der Waals surface area contributed by atoms with Gasteiger partial charge in [-0.05, 0) is 61.4 Å². The van der Waals surface area contributed by atoms with Gasteiger partial charge in [0, 0.05) is 6.54 Å². The molecular weight excluding hydrogens is 366 g/mol. The highest BCUT2D eigenvalue weighted by Crippen LogP contribution is 2.28. The van der Waals surface area contributed by atoms with Crippen molar-refractivity contribution < 1.29 is 19.0 Å².